The summed E-state index contributed by atoms with van der Waals surface area (Å²) in [6, 6.07) is 13.0. The first-order valence-corrected chi connectivity index (χ1v) is 7.54. The average Bonchev–Trinajstić information content (AvgIpc) is 2.47. The molecule has 22 heavy (non-hydrogen) atoms. The molecule has 0 saturated carbocycles. The molecule has 3 rings (SSSR count). The van der Waals surface area contributed by atoms with Gasteiger partial charge in [-0.05, 0) is 41.7 Å². The number of aromatic nitrogens is 2. The van der Waals surface area contributed by atoms with Gasteiger partial charge in [-0.2, -0.15) is 0 Å². The molecule has 0 amide bonds. The molecule has 0 atom stereocenters. The number of rotatable bonds is 3. The van der Waals surface area contributed by atoms with Crippen LogP contribution in [0.5, 0.6) is 0 Å². The molecule has 107 valence electrons. The standard InChI is InChI=1S/C14H11N4O2S.Na/c15-10-5-7-11(8-6-10)21(19,20)18-14-9-16-12-3-1-2-4-13(12)17-14;/h1-9H,15H2;/q-1;. The Morgan fingerprint density at radius 1 is 0.955 bits per heavy atom. The number of para-hydroxylation sites is 2. The summed E-state index contributed by atoms with van der Waals surface area (Å²) in [5, 5.41) is 0. The van der Waals surface area contributed by atoms with E-state index in [-0.39, 0.29) is 40.3 Å². The quantitative estimate of drug-likeness (QED) is 0.588. The third-order valence-corrected chi connectivity index (χ3v) is 4.12. The van der Waals surface area contributed by atoms with Gasteiger partial charge >= 0.3 is 0 Å². The van der Waals surface area contributed by atoms with Crippen LogP contribution in [0.3, 0.4) is 0 Å². The number of hydrogen-bond donors (Lipinski definition) is 1. The molecule has 2 N–H and O–H groups in total. The molecule has 0 unspecified atom stereocenters. The van der Waals surface area contributed by atoms with E-state index in [1.807, 2.05) is 6.07 Å². The number of hydrogen-bond acceptors (Lipinski definition) is 5. The molecule has 0 aliphatic carbocycles. The Morgan fingerprint density at radius 2 is 1.59 bits per heavy atom. The van der Waals surface area contributed by atoms with Gasteiger partial charge in [0.25, 0.3) is 0 Å². The van der Waals surface area contributed by atoms with Crippen LogP contribution in [0, 0.1) is 0 Å². The Balaban J connectivity index is 0.00000176. The van der Waals surface area contributed by atoms with Gasteiger partial charge in [0.2, 0.25) is 10.0 Å². The Bertz CT molecular complexity index is 898. The van der Waals surface area contributed by atoms with Gasteiger partial charge in [0.05, 0.1) is 10.4 Å². The van der Waals surface area contributed by atoms with Crippen molar-refractivity contribution >= 4 is 62.1 Å². The molecule has 0 bridgehead atoms. The second-order valence-electron chi connectivity index (χ2n) is 4.35. The summed E-state index contributed by atoms with van der Waals surface area (Å²) in [4.78, 5) is 8.36. The number of nitrogens with two attached hydrogens (primary N) is 1. The summed E-state index contributed by atoms with van der Waals surface area (Å²) in [5.41, 5.74) is 7.29. The first kappa shape index (κ1) is 16.7. The minimum absolute atomic E-state index is 0. The van der Waals surface area contributed by atoms with Crippen molar-refractivity contribution in [2.75, 3.05) is 5.73 Å². The largest absolute Gasteiger partial charge is 0.433 e. The predicted molar refractivity (Wildman–Crippen MR) is 86.4 cm³/mol. The van der Waals surface area contributed by atoms with E-state index in [4.69, 9.17) is 5.73 Å². The molecule has 1 aromatic heterocycles. The number of sulfonamides is 1. The molecule has 6 nitrogen and oxygen atoms in total. The SMILES string of the molecule is Nc1ccc(S(=O)(=O)[N-]c2cnc3ccccc3n2)cc1.[Na]. The van der Waals surface area contributed by atoms with Crippen molar-refractivity contribution in [2.24, 2.45) is 0 Å². The molecule has 0 aliphatic rings. The third-order valence-electron chi connectivity index (χ3n) is 2.83. The first-order valence-electron chi connectivity index (χ1n) is 6.10. The molecule has 0 spiro atoms. The molecule has 1 radical (unpaired) electrons. The van der Waals surface area contributed by atoms with Crippen molar-refractivity contribution in [3.8, 4) is 0 Å². The Hall–Kier alpha value is -1.67. The van der Waals surface area contributed by atoms with E-state index < -0.39 is 10.0 Å². The van der Waals surface area contributed by atoms with E-state index in [2.05, 4.69) is 14.7 Å². The normalized spacial score (nSPS) is 10.9. The first-order chi connectivity index (χ1) is 10.0. The van der Waals surface area contributed by atoms with E-state index in [0.717, 1.165) is 0 Å². The van der Waals surface area contributed by atoms with Gasteiger partial charge in [-0.3, -0.25) is 4.98 Å². The van der Waals surface area contributed by atoms with Crippen LogP contribution < -0.4 is 5.73 Å². The monoisotopic (exact) mass is 322 g/mol. The van der Waals surface area contributed by atoms with Gasteiger partial charge in [0.1, 0.15) is 0 Å². The molecular formula is C14H11N4NaO2S-. The van der Waals surface area contributed by atoms with Crippen LogP contribution in [-0.2, 0) is 10.0 Å². The Labute approximate surface area is 150 Å². The molecule has 0 aliphatic heterocycles. The molecule has 3 aromatic rings. The maximum Gasteiger partial charge on any atom is 0.202 e. The summed E-state index contributed by atoms with van der Waals surface area (Å²) >= 11 is 0. The van der Waals surface area contributed by atoms with Crippen LogP contribution in [0.2, 0.25) is 0 Å². The van der Waals surface area contributed by atoms with Gasteiger partial charge in [-0.15, -0.1) is 0 Å². The number of nitrogens with zero attached hydrogens (tertiary/aromatic N) is 3. The second-order valence-corrected chi connectivity index (χ2v) is 5.96. The summed E-state index contributed by atoms with van der Waals surface area (Å²) in [5.74, 6) is 0.0468. The summed E-state index contributed by atoms with van der Waals surface area (Å²) in [7, 11) is -3.83. The fourth-order valence-electron chi connectivity index (χ4n) is 1.81. The number of nitrogen functional groups attached to an aromatic ring is 1. The van der Waals surface area contributed by atoms with Crippen molar-refractivity contribution in [2.45, 2.75) is 4.90 Å². The van der Waals surface area contributed by atoms with Crippen LogP contribution in [0.25, 0.3) is 15.8 Å². The molecular weight excluding hydrogens is 311 g/mol. The minimum atomic E-state index is -3.83. The zero-order valence-electron chi connectivity index (χ0n) is 11.8. The number of benzene rings is 2. The predicted octanol–water partition coefficient (Wildman–Crippen LogP) is 2.23. The Kier molecular flexibility index (Phi) is 5.02. The molecule has 0 saturated heterocycles. The number of anilines is 1. The fourth-order valence-corrected chi connectivity index (χ4v) is 2.73. The smallest absolute Gasteiger partial charge is 0.202 e. The van der Waals surface area contributed by atoms with Crippen molar-refractivity contribution < 1.29 is 8.42 Å². The van der Waals surface area contributed by atoms with Crippen molar-refractivity contribution in [1.29, 1.82) is 0 Å². The van der Waals surface area contributed by atoms with Crippen molar-refractivity contribution in [1.82, 2.24) is 9.97 Å². The molecule has 0 fully saturated rings. The summed E-state index contributed by atoms with van der Waals surface area (Å²) in [6.45, 7) is 0. The van der Waals surface area contributed by atoms with E-state index in [1.165, 1.54) is 30.5 Å². The van der Waals surface area contributed by atoms with Crippen LogP contribution >= 0.6 is 0 Å². The topological polar surface area (TPSA) is 100 Å². The van der Waals surface area contributed by atoms with Crippen LogP contribution in [0.15, 0.2) is 59.6 Å². The van der Waals surface area contributed by atoms with E-state index in [0.29, 0.717) is 16.7 Å². The second kappa shape index (κ2) is 6.62. The van der Waals surface area contributed by atoms with Crippen LogP contribution in [0.1, 0.15) is 0 Å². The fraction of sp³-hybridized carbons (Fsp3) is 0. The number of fused-ring (bicyclic) bond motifs is 1. The van der Waals surface area contributed by atoms with Gasteiger partial charge in [0, 0.05) is 41.4 Å². The zero-order valence-corrected chi connectivity index (χ0v) is 14.7. The van der Waals surface area contributed by atoms with Gasteiger partial charge in [-0.1, -0.05) is 18.2 Å². The molecule has 1 heterocycles. The maximum atomic E-state index is 12.2. The van der Waals surface area contributed by atoms with Gasteiger partial charge < -0.3 is 15.4 Å². The summed E-state index contributed by atoms with van der Waals surface area (Å²) < 4.78 is 28.0. The summed E-state index contributed by atoms with van der Waals surface area (Å²) in [6.07, 6.45) is 1.33. The van der Waals surface area contributed by atoms with Crippen molar-refractivity contribution in [3.05, 3.63) is 59.4 Å². The average molecular weight is 322 g/mol. The van der Waals surface area contributed by atoms with E-state index in [1.54, 1.807) is 18.2 Å². The van der Waals surface area contributed by atoms with Gasteiger partial charge in [0.15, 0.2) is 0 Å². The van der Waals surface area contributed by atoms with E-state index >= 15 is 0 Å². The molecule has 8 heteroatoms. The van der Waals surface area contributed by atoms with Gasteiger partial charge in [-0.25, -0.2) is 8.42 Å². The Morgan fingerprint density at radius 3 is 2.27 bits per heavy atom. The maximum absolute atomic E-state index is 12.2. The minimum Gasteiger partial charge on any atom is -0.433 e. The van der Waals surface area contributed by atoms with Crippen molar-refractivity contribution in [3.63, 3.8) is 0 Å². The zero-order chi connectivity index (χ0) is 14.9. The van der Waals surface area contributed by atoms with Crippen LogP contribution in [0.4, 0.5) is 11.5 Å². The molecule has 2 aromatic carbocycles. The van der Waals surface area contributed by atoms with Crippen LogP contribution in [-0.4, -0.2) is 47.9 Å². The van der Waals surface area contributed by atoms with E-state index in [9.17, 15) is 8.42 Å². The third kappa shape index (κ3) is 3.56.